The van der Waals surface area contributed by atoms with Crippen molar-refractivity contribution in [1.29, 1.82) is 0 Å². The third-order valence-corrected chi connectivity index (χ3v) is 5.10. The molecule has 1 fully saturated rings. The van der Waals surface area contributed by atoms with Gasteiger partial charge in [0.25, 0.3) is 0 Å². The molecule has 0 saturated carbocycles. The summed E-state index contributed by atoms with van der Waals surface area (Å²) in [5, 5.41) is 5.09. The average Bonchev–Trinajstić information content (AvgIpc) is 3.03. The van der Waals surface area contributed by atoms with Crippen molar-refractivity contribution in [3.63, 3.8) is 0 Å². The van der Waals surface area contributed by atoms with Gasteiger partial charge in [-0.15, -0.1) is 0 Å². The van der Waals surface area contributed by atoms with E-state index in [1.807, 2.05) is 42.5 Å². The smallest absolute Gasteiger partial charge is 0.245 e. The van der Waals surface area contributed by atoms with E-state index >= 15 is 0 Å². The van der Waals surface area contributed by atoms with Crippen molar-refractivity contribution in [3.8, 4) is 0 Å². The van der Waals surface area contributed by atoms with Crippen molar-refractivity contribution in [1.82, 2.24) is 10.2 Å². The van der Waals surface area contributed by atoms with E-state index < -0.39 is 6.04 Å². The molecule has 3 aromatic rings. The molecule has 5 heteroatoms. The fourth-order valence-corrected chi connectivity index (χ4v) is 3.62. The number of hydrogen-bond acceptors (Lipinski definition) is 2. The van der Waals surface area contributed by atoms with E-state index in [-0.39, 0.29) is 24.1 Å². The molecule has 2 amide bonds. The minimum Gasteiger partial charge on any atom is -0.344 e. The lowest BCUT2D eigenvalue weighted by molar-refractivity contribution is -0.132. The highest BCUT2D eigenvalue weighted by atomic mass is 19.1. The number of fused-ring (bicyclic) bond motifs is 1. The van der Waals surface area contributed by atoms with E-state index in [2.05, 4.69) is 5.32 Å². The van der Waals surface area contributed by atoms with Crippen LogP contribution in [0.25, 0.3) is 10.8 Å². The van der Waals surface area contributed by atoms with E-state index in [0.717, 1.165) is 21.9 Å². The van der Waals surface area contributed by atoms with Gasteiger partial charge in [0, 0.05) is 13.1 Å². The SMILES string of the molecule is O=C(Cc1ccc2ccccc2c1)NC1CCN(Cc2ccc(F)cc2)C1=O. The molecule has 1 unspecified atom stereocenters. The highest BCUT2D eigenvalue weighted by Gasteiger charge is 2.32. The minimum absolute atomic E-state index is 0.0869. The van der Waals surface area contributed by atoms with Gasteiger partial charge >= 0.3 is 0 Å². The minimum atomic E-state index is -0.492. The number of halogens is 1. The Hall–Kier alpha value is -3.21. The number of likely N-dealkylation sites (tertiary alicyclic amines) is 1. The number of hydrogen-bond donors (Lipinski definition) is 1. The van der Waals surface area contributed by atoms with Crippen LogP contribution in [-0.4, -0.2) is 29.3 Å². The van der Waals surface area contributed by atoms with Gasteiger partial charge in [-0.05, 0) is 40.5 Å². The van der Waals surface area contributed by atoms with E-state index in [1.54, 1.807) is 17.0 Å². The molecule has 4 nitrogen and oxygen atoms in total. The third-order valence-electron chi connectivity index (χ3n) is 5.10. The van der Waals surface area contributed by atoms with Crippen LogP contribution in [-0.2, 0) is 22.6 Å². The summed E-state index contributed by atoms with van der Waals surface area (Å²) in [7, 11) is 0. The van der Waals surface area contributed by atoms with Gasteiger partial charge in [0.15, 0.2) is 0 Å². The molecule has 0 aromatic heterocycles. The summed E-state index contributed by atoms with van der Waals surface area (Å²) in [4.78, 5) is 26.7. The standard InChI is InChI=1S/C23H21FN2O2/c24-20-9-6-16(7-10-20)15-26-12-11-21(23(26)28)25-22(27)14-17-5-8-18-3-1-2-4-19(18)13-17/h1-10,13,21H,11-12,14-15H2,(H,25,27). The van der Waals surface area contributed by atoms with Crippen LogP contribution in [0.15, 0.2) is 66.7 Å². The van der Waals surface area contributed by atoms with Crippen molar-refractivity contribution < 1.29 is 14.0 Å². The van der Waals surface area contributed by atoms with Gasteiger partial charge < -0.3 is 10.2 Å². The van der Waals surface area contributed by atoms with Gasteiger partial charge in [0.2, 0.25) is 11.8 Å². The van der Waals surface area contributed by atoms with Gasteiger partial charge in [0.05, 0.1) is 6.42 Å². The highest BCUT2D eigenvalue weighted by molar-refractivity contribution is 5.90. The molecular formula is C23H21FN2O2. The van der Waals surface area contributed by atoms with E-state index in [9.17, 15) is 14.0 Å². The van der Waals surface area contributed by atoms with E-state index in [1.165, 1.54) is 12.1 Å². The molecule has 0 radical (unpaired) electrons. The van der Waals surface area contributed by atoms with Crippen LogP contribution >= 0.6 is 0 Å². The largest absolute Gasteiger partial charge is 0.344 e. The Kier molecular flexibility index (Phi) is 5.06. The molecule has 0 aliphatic carbocycles. The maximum absolute atomic E-state index is 13.0. The first-order valence-corrected chi connectivity index (χ1v) is 9.39. The van der Waals surface area contributed by atoms with Crippen LogP contribution in [0.4, 0.5) is 4.39 Å². The summed E-state index contributed by atoms with van der Waals surface area (Å²) >= 11 is 0. The third kappa shape index (κ3) is 4.03. The van der Waals surface area contributed by atoms with Crippen LogP contribution in [0.5, 0.6) is 0 Å². The van der Waals surface area contributed by atoms with Crippen molar-refractivity contribution in [2.75, 3.05) is 6.54 Å². The second-order valence-electron chi connectivity index (χ2n) is 7.15. The summed E-state index contributed by atoms with van der Waals surface area (Å²) in [6.07, 6.45) is 0.829. The molecule has 0 bridgehead atoms. The van der Waals surface area contributed by atoms with Gasteiger partial charge in [-0.1, -0.05) is 54.6 Å². The Morgan fingerprint density at radius 1 is 1.00 bits per heavy atom. The summed E-state index contributed by atoms with van der Waals surface area (Å²) in [5.74, 6) is -0.538. The van der Waals surface area contributed by atoms with Crippen LogP contribution in [0.2, 0.25) is 0 Å². The summed E-state index contributed by atoms with van der Waals surface area (Å²) in [6.45, 7) is 1.01. The molecule has 1 aliphatic heterocycles. The van der Waals surface area contributed by atoms with Crippen LogP contribution in [0.1, 0.15) is 17.5 Å². The molecular weight excluding hydrogens is 355 g/mol. The number of rotatable bonds is 5. The number of nitrogens with zero attached hydrogens (tertiary/aromatic N) is 1. The van der Waals surface area contributed by atoms with Crippen LogP contribution < -0.4 is 5.32 Å². The molecule has 1 saturated heterocycles. The fraction of sp³-hybridized carbons (Fsp3) is 0.217. The number of benzene rings is 3. The Labute approximate surface area is 163 Å². The molecule has 142 valence electrons. The quantitative estimate of drug-likeness (QED) is 0.742. The van der Waals surface area contributed by atoms with Crippen molar-refractivity contribution >= 4 is 22.6 Å². The summed E-state index contributed by atoms with van der Waals surface area (Å²) in [5.41, 5.74) is 1.79. The van der Waals surface area contributed by atoms with Gasteiger partial charge in [-0.2, -0.15) is 0 Å². The lowest BCUT2D eigenvalue weighted by Gasteiger charge is -2.17. The topological polar surface area (TPSA) is 49.4 Å². The molecule has 1 aliphatic rings. The summed E-state index contributed by atoms with van der Waals surface area (Å²) in [6, 6.07) is 19.6. The number of carbonyl (C=O) groups is 2. The zero-order valence-electron chi connectivity index (χ0n) is 15.4. The lowest BCUT2D eigenvalue weighted by atomic mass is 10.0. The molecule has 1 N–H and O–H groups in total. The predicted octanol–water partition coefficient (Wildman–Crippen LogP) is 3.44. The van der Waals surface area contributed by atoms with Gasteiger partial charge in [-0.25, -0.2) is 4.39 Å². The molecule has 0 spiro atoms. The Balaban J connectivity index is 1.35. The van der Waals surface area contributed by atoms with E-state index in [4.69, 9.17) is 0 Å². The second-order valence-corrected chi connectivity index (χ2v) is 7.15. The monoisotopic (exact) mass is 376 g/mol. The highest BCUT2D eigenvalue weighted by Crippen LogP contribution is 2.18. The molecule has 4 rings (SSSR count). The predicted molar refractivity (Wildman–Crippen MR) is 106 cm³/mol. The normalized spacial score (nSPS) is 16.5. The first-order chi connectivity index (χ1) is 13.6. The van der Waals surface area contributed by atoms with Crippen molar-refractivity contribution in [2.45, 2.75) is 25.4 Å². The first kappa shape index (κ1) is 18.2. The number of carbonyl (C=O) groups excluding carboxylic acids is 2. The van der Waals surface area contributed by atoms with Crippen molar-refractivity contribution in [3.05, 3.63) is 83.7 Å². The Morgan fingerprint density at radius 2 is 1.71 bits per heavy atom. The average molecular weight is 376 g/mol. The zero-order valence-corrected chi connectivity index (χ0v) is 15.4. The van der Waals surface area contributed by atoms with Crippen molar-refractivity contribution in [2.24, 2.45) is 0 Å². The number of nitrogens with one attached hydrogen (secondary N) is 1. The van der Waals surface area contributed by atoms with Gasteiger partial charge in [-0.3, -0.25) is 9.59 Å². The van der Waals surface area contributed by atoms with Crippen LogP contribution in [0, 0.1) is 5.82 Å². The second kappa shape index (κ2) is 7.80. The fourth-order valence-electron chi connectivity index (χ4n) is 3.62. The maximum atomic E-state index is 13.0. The number of amides is 2. The molecule has 1 heterocycles. The zero-order chi connectivity index (χ0) is 19.5. The van der Waals surface area contributed by atoms with Gasteiger partial charge in [0.1, 0.15) is 11.9 Å². The maximum Gasteiger partial charge on any atom is 0.245 e. The Morgan fingerprint density at radius 3 is 2.50 bits per heavy atom. The summed E-state index contributed by atoms with van der Waals surface area (Å²) < 4.78 is 13.0. The molecule has 1 atom stereocenters. The first-order valence-electron chi connectivity index (χ1n) is 9.39. The lowest BCUT2D eigenvalue weighted by Crippen LogP contribution is -2.41. The van der Waals surface area contributed by atoms with E-state index in [0.29, 0.717) is 19.5 Å². The Bertz CT molecular complexity index is 1020. The molecule has 28 heavy (non-hydrogen) atoms. The molecule has 3 aromatic carbocycles. The van der Waals surface area contributed by atoms with Crippen LogP contribution in [0.3, 0.4) is 0 Å².